The van der Waals surface area contributed by atoms with Crippen LogP contribution in [0, 0.1) is 0 Å². The Morgan fingerprint density at radius 1 is 1.18 bits per heavy atom. The molecular weight excluding hydrogens is 332 g/mol. The third kappa shape index (κ3) is 2.89. The highest BCUT2D eigenvalue weighted by atomic mass is 79.9. The Labute approximate surface area is 107 Å². The third-order valence-corrected chi connectivity index (χ3v) is 3.29. The molecule has 1 rings (SSSR count). The van der Waals surface area contributed by atoms with Crippen LogP contribution in [-0.2, 0) is 0 Å². The summed E-state index contributed by atoms with van der Waals surface area (Å²) < 4.78 is 62.3. The summed E-state index contributed by atoms with van der Waals surface area (Å²) in [5.41, 5.74) is 4.59. The normalized spacial score (nSPS) is 14.8. The minimum atomic E-state index is -5.70. The summed E-state index contributed by atoms with van der Waals surface area (Å²) >= 11 is 8.51. The van der Waals surface area contributed by atoms with Crippen molar-refractivity contribution in [3.63, 3.8) is 0 Å². The zero-order valence-electron chi connectivity index (χ0n) is 8.03. The third-order valence-electron chi connectivity index (χ3n) is 2.07. The molecule has 0 aliphatic rings. The number of alkyl halides is 5. The van der Waals surface area contributed by atoms with E-state index in [-0.39, 0.29) is 15.1 Å². The fraction of sp³-hybridized carbons (Fsp3) is 0.333. The number of nitrogens with two attached hydrogens (primary N) is 1. The SMILES string of the molecule is N[C@@H](c1ccc(Cl)c(Br)c1)C(F)(F)C(F)(F)F. The molecule has 0 saturated carbocycles. The number of hydrogen-bond donors (Lipinski definition) is 1. The van der Waals surface area contributed by atoms with Crippen molar-refractivity contribution in [1.29, 1.82) is 0 Å². The fourth-order valence-electron chi connectivity index (χ4n) is 1.09. The van der Waals surface area contributed by atoms with Gasteiger partial charge in [0.15, 0.2) is 0 Å². The summed E-state index contributed by atoms with van der Waals surface area (Å²) in [4.78, 5) is 0. The number of benzene rings is 1. The first kappa shape index (κ1) is 14.7. The predicted octanol–water partition coefficient (Wildman–Crippen LogP) is 4.30. The maximum Gasteiger partial charge on any atom is 0.455 e. The average molecular weight is 339 g/mol. The van der Waals surface area contributed by atoms with Gasteiger partial charge in [-0.2, -0.15) is 22.0 Å². The topological polar surface area (TPSA) is 26.0 Å². The highest BCUT2D eigenvalue weighted by Crippen LogP contribution is 2.43. The number of hydrogen-bond acceptors (Lipinski definition) is 1. The molecule has 0 radical (unpaired) electrons. The quantitative estimate of drug-likeness (QED) is 0.800. The molecule has 2 N–H and O–H groups in total. The lowest BCUT2D eigenvalue weighted by molar-refractivity contribution is -0.291. The van der Waals surface area contributed by atoms with Crippen molar-refractivity contribution in [2.24, 2.45) is 5.73 Å². The molecule has 1 nitrogen and oxygen atoms in total. The van der Waals surface area contributed by atoms with Crippen LogP contribution >= 0.6 is 27.5 Å². The van der Waals surface area contributed by atoms with Crippen LogP contribution < -0.4 is 5.73 Å². The van der Waals surface area contributed by atoms with E-state index >= 15 is 0 Å². The maximum atomic E-state index is 12.9. The van der Waals surface area contributed by atoms with Gasteiger partial charge in [0.05, 0.1) is 5.02 Å². The molecule has 1 aromatic carbocycles. The van der Waals surface area contributed by atoms with Crippen LogP contribution in [0.4, 0.5) is 22.0 Å². The molecule has 0 aliphatic carbocycles. The van der Waals surface area contributed by atoms with Crippen LogP contribution in [0.25, 0.3) is 0 Å². The van der Waals surface area contributed by atoms with Gasteiger partial charge < -0.3 is 5.73 Å². The van der Waals surface area contributed by atoms with Gasteiger partial charge in [0, 0.05) is 4.47 Å². The average Bonchev–Trinajstić information content (AvgIpc) is 2.19. The molecule has 0 fully saturated rings. The second-order valence-electron chi connectivity index (χ2n) is 3.27. The van der Waals surface area contributed by atoms with Gasteiger partial charge in [-0.3, -0.25) is 0 Å². The van der Waals surface area contributed by atoms with E-state index in [1.165, 1.54) is 6.07 Å². The monoisotopic (exact) mass is 337 g/mol. The summed E-state index contributed by atoms with van der Waals surface area (Å²) in [6.45, 7) is 0. The van der Waals surface area contributed by atoms with Crippen LogP contribution in [0.5, 0.6) is 0 Å². The molecule has 17 heavy (non-hydrogen) atoms. The smallest absolute Gasteiger partial charge is 0.319 e. The van der Waals surface area contributed by atoms with Gasteiger partial charge in [-0.05, 0) is 33.6 Å². The van der Waals surface area contributed by atoms with Crippen molar-refractivity contribution in [2.45, 2.75) is 18.1 Å². The summed E-state index contributed by atoms with van der Waals surface area (Å²) in [5.74, 6) is -5.00. The van der Waals surface area contributed by atoms with E-state index in [9.17, 15) is 22.0 Å². The summed E-state index contributed by atoms with van der Waals surface area (Å²) in [7, 11) is 0. The molecule has 0 aromatic heterocycles. The number of halogens is 7. The minimum absolute atomic E-state index is 0.191. The van der Waals surface area contributed by atoms with Gasteiger partial charge in [0.2, 0.25) is 0 Å². The zero-order valence-corrected chi connectivity index (χ0v) is 10.4. The van der Waals surface area contributed by atoms with E-state index in [0.29, 0.717) is 0 Å². The van der Waals surface area contributed by atoms with Crippen molar-refractivity contribution in [3.8, 4) is 0 Å². The van der Waals surface area contributed by atoms with E-state index in [1.54, 1.807) is 0 Å². The molecule has 8 heteroatoms. The van der Waals surface area contributed by atoms with Gasteiger partial charge in [-0.1, -0.05) is 17.7 Å². The van der Waals surface area contributed by atoms with E-state index in [2.05, 4.69) is 15.9 Å². The molecule has 0 spiro atoms. The second-order valence-corrected chi connectivity index (χ2v) is 4.53. The lowest BCUT2D eigenvalue weighted by atomic mass is 10.0. The van der Waals surface area contributed by atoms with Gasteiger partial charge in [0.1, 0.15) is 6.04 Å². The van der Waals surface area contributed by atoms with Crippen LogP contribution in [0.3, 0.4) is 0 Å². The molecule has 0 amide bonds. The van der Waals surface area contributed by atoms with Crippen LogP contribution in [0.1, 0.15) is 11.6 Å². The highest BCUT2D eigenvalue weighted by molar-refractivity contribution is 9.10. The van der Waals surface area contributed by atoms with Crippen molar-refractivity contribution in [2.75, 3.05) is 0 Å². The first-order valence-electron chi connectivity index (χ1n) is 4.22. The molecule has 0 bridgehead atoms. The van der Waals surface area contributed by atoms with Crippen molar-refractivity contribution in [1.82, 2.24) is 0 Å². The number of rotatable bonds is 2. The van der Waals surface area contributed by atoms with Crippen molar-refractivity contribution in [3.05, 3.63) is 33.3 Å². The van der Waals surface area contributed by atoms with Crippen molar-refractivity contribution >= 4 is 27.5 Å². The van der Waals surface area contributed by atoms with E-state index < -0.39 is 18.1 Å². The lowest BCUT2D eigenvalue weighted by Crippen LogP contribution is -2.45. The zero-order chi connectivity index (χ0) is 13.4. The summed E-state index contributed by atoms with van der Waals surface area (Å²) in [6.07, 6.45) is -5.70. The van der Waals surface area contributed by atoms with Crippen LogP contribution in [-0.4, -0.2) is 12.1 Å². The van der Waals surface area contributed by atoms with Gasteiger partial charge in [0.25, 0.3) is 0 Å². The van der Waals surface area contributed by atoms with E-state index in [1.807, 2.05) is 0 Å². The fourth-order valence-corrected chi connectivity index (χ4v) is 1.61. The molecule has 96 valence electrons. The molecule has 0 aliphatic heterocycles. The molecular formula is C9H6BrClF5N. The first-order valence-corrected chi connectivity index (χ1v) is 5.39. The Kier molecular flexibility index (Phi) is 4.05. The van der Waals surface area contributed by atoms with Crippen LogP contribution in [0.2, 0.25) is 5.02 Å². The van der Waals surface area contributed by atoms with E-state index in [4.69, 9.17) is 17.3 Å². The summed E-state index contributed by atoms with van der Waals surface area (Å²) in [6, 6.07) is 0.772. The second kappa shape index (κ2) is 4.70. The Balaban J connectivity index is 3.12. The van der Waals surface area contributed by atoms with Gasteiger partial charge >= 0.3 is 12.1 Å². The molecule has 0 heterocycles. The maximum absolute atomic E-state index is 12.9. The molecule has 0 saturated heterocycles. The largest absolute Gasteiger partial charge is 0.455 e. The predicted molar refractivity (Wildman–Crippen MR) is 57.1 cm³/mol. The molecule has 1 atom stereocenters. The standard InChI is InChI=1S/C9H6BrClF5N/c10-5-3-4(1-2-6(5)11)7(17)8(12,13)9(14,15)16/h1-3,7H,17H2/t7-/m0/s1. The Morgan fingerprint density at radius 2 is 1.71 bits per heavy atom. The summed E-state index contributed by atoms with van der Waals surface area (Å²) in [5, 5.41) is 0.191. The van der Waals surface area contributed by atoms with Gasteiger partial charge in [-0.25, -0.2) is 0 Å². The first-order chi connectivity index (χ1) is 7.57. The minimum Gasteiger partial charge on any atom is -0.319 e. The Hall–Kier alpha value is -0.400. The lowest BCUT2D eigenvalue weighted by Gasteiger charge is -2.26. The van der Waals surface area contributed by atoms with Gasteiger partial charge in [-0.15, -0.1) is 0 Å². The Morgan fingerprint density at radius 3 is 2.12 bits per heavy atom. The molecule has 0 unspecified atom stereocenters. The molecule has 1 aromatic rings. The Bertz CT molecular complexity index is 420. The van der Waals surface area contributed by atoms with E-state index in [0.717, 1.165) is 12.1 Å². The van der Waals surface area contributed by atoms with Crippen LogP contribution in [0.15, 0.2) is 22.7 Å². The highest BCUT2D eigenvalue weighted by Gasteiger charge is 2.61. The van der Waals surface area contributed by atoms with Crippen molar-refractivity contribution < 1.29 is 22.0 Å².